The average Bonchev–Trinajstić information content (AvgIpc) is 2.69. The molecule has 0 atom stereocenters. The molecule has 6 heteroatoms. The summed E-state index contributed by atoms with van der Waals surface area (Å²) in [5.41, 5.74) is 0.922. The SMILES string of the molecule is COc1ccccc1/C=C/NC(=O)N1CCN(c2ccccn2)CC1. The van der Waals surface area contributed by atoms with E-state index in [9.17, 15) is 4.79 Å². The zero-order valence-electron chi connectivity index (χ0n) is 14.3. The van der Waals surface area contributed by atoms with E-state index in [1.807, 2.05) is 53.4 Å². The number of ether oxygens (including phenoxy) is 1. The first kappa shape index (κ1) is 16.8. The van der Waals surface area contributed by atoms with Gasteiger partial charge in [-0.3, -0.25) is 0 Å². The van der Waals surface area contributed by atoms with E-state index in [0.29, 0.717) is 13.1 Å². The second-order valence-electron chi connectivity index (χ2n) is 5.69. The number of rotatable bonds is 4. The first-order valence-electron chi connectivity index (χ1n) is 8.29. The summed E-state index contributed by atoms with van der Waals surface area (Å²) in [5.74, 6) is 1.73. The number of aromatic nitrogens is 1. The van der Waals surface area contributed by atoms with Crippen LogP contribution in [0.25, 0.3) is 6.08 Å². The second kappa shape index (κ2) is 8.19. The fraction of sp³-hybridized carbons (Fsp3) is 0.263. The highest BCUT2D eigenvalue weighted by Crippen LogP contribution is 2.18. The largest absolute Gasteiger partial charge is 0.496 e. The average molecular weight is 338 g/mol. The number of pyridine rings is 1. The first-order valence-corrected chi connectivity index (χ1v) is 8.29. The molecule has 25 heavy (non-hydrogen) atoms. The molecule has 2 amide bonds. The Morgan fingerprint density at radius 1 is 1.12 bits per heavy atom. The molecule has 1 saturated heterocycles. The fourth-order valence-corrected chi connectivity index (χ4v) is 2.78. The van der Waals surface area contributed by atoms with Gasteiger partial charge in [-0.2, -0.15) is 0 Å². The van der Waals surface area contributed by atoms with Gasteiger partial charge in [0.1, 0.15) is 11.6 Å². The molecule has 0 aliphatic carbocycles. The van der Waals surface area contributed by atoms with E-state index in [1.54, 1.807) is 19.5 Å². The number of para-hydroxylation sites is 1. The van der Waals surface area contributed by atoms with Gasteiger partial charge in [-0.05, 0) is 24.3 Å². The van der Waals surface area contributed by atoms with Crippen LogP contribution in [0, 0.1) is 0 Å². The van der Waals surface area contributed by atoms with Crippen molar-refractivity contribution < 1.29 is 9.53 Å². The van der Waals surface area contributed by atoms with Gasteiger partial charge < -0.3 is 19.9 Å². The number of benzene rings is 1. The lowest BCUT2D eigenvalue weighted by atomic mass is 10.2. The van der Waals surface area contributed by atoms with Crippen LogP contribution in [0.1, 0.15) is 5.56 Å². The van der Waals surface area contributed by atoms with E-state index in [2.05, 4.69) is 15.2 Å². The summed E-state index contributed by atoms with van der Waals surface area (Å²) in [4.78, 5) is 20.6. The first-order chi connectivity index (χ1) is 12.3. The number of hydrogen-bond donors (Lipinski definition) is 1. The Morgan fingerprint density at radius 2 is 1.88 bits per heavy atom. The number of nitrogens with one attached hydrogen (secondary N) is 1. The fourth-order valence-electron chi connectivity index (χ4n) is 2.78. The Hall–Kier alpha value is -3.02. The third kappa shape index (κ3) is 4.29. The zero-order chi connectivity index (χ0) is 17.5. The molecule has 1 aliphatic rings. The van der Waals surface area contributed by atoms with Crippen LogP contribution in [0.4, 0.5) is 10.6 Å². The third-order valence-electron chi connectivity index (χ3n) is 4.15. The highest BCUT2D eigenvalue weighted by atomic mass is 16.5. The Balaban J connectivity index is 1.50. The summed E-state index contributed by atoms with van der Waals surface area (Å²) < 4.78 is 5.29. The molecule has 0 saturated carbocycles. The van der Waals surface area contributed by atoms with Gasteiger partial charge in [0.15, 0.2) is 0 Å². The summed E-state index contributed by atoms with van der Waals surface area (Å²) in [6, 6.07) is 13.4. The van der Waals surface area contributed by atoms with Crippen molar-refractivity contribution in [2.24, 2.45) is 0 Å². The molecule has 1 N–H and O–H groups in total. The van der Waals surface area contributed by atoms with Gasteiger partial charge in [0.05, 0.1) is 7.11 Å². The second-order valence-corrected chi connectivity index (χ2v) is 5.69. The van der Waals surface area contributed by atoms with Crippen LogP contribution in [0.2, 0.25) is 0 Å². The summed E-state index contributed by atoms with van der Waals surface area (Å²) in [7, 11) is 1.63. The predicted octanol–water partition coefficient (Wildman–Crippen LogP) is 2.59. The molecule has 0 unspecified atom stereocenters. The summed E-state index contributed by atoms with van der Waals surface area (Å²) in [6.45, 7) is 2.90. The molecule has 6 nitrogen and oxygen atoms in total. The molecule has 1 aliphatic heterocycles. The van der Waals surface area contributed by atoms with E-state index in [1.165, 1.54) is 0 Å². The van der Waals surface area contributed by atoms with Crippen LogP contribution in [0.5, 0.6) is 5.75 Å². The van der Waals surface area contributed by atoms with Crippen LogP contribution in [-0.4, -0.2) is 49.2 Å². The molecule has 1 fully saturated rings. The number of carbonyl (C=O) groups is 1. The zero-order valence-corrected chi connectivity index (χ0v) is 14.3. The van der Waals surface area contributed by atoms with Gasteiger partial charge in [0, 0.05) is 44.1 Å². The molecule has 2 aromatic rings. The minimum atomic E-state index is -0.0909. The predicted molar refractivity (Wildman–Crippen MR) is 98.6 cm³/mol. The van der Waals surface area contributed by atoms with E-state index in [0.717, 1.165) is 30.2 Å². The monoisotopic (exact) mass is 338 g/mol. The lowest BCUT2D eigenvalue weighted by molar-refractivity contribution is 0.198. The molecule has 130 valence electrons. The molecule has 1 aromatic heterocycles. The number of urea groups is 1. The van der Waals surface area contributed by atoms with E-state index in [-0.39, 0.29) is 6.03 Å². The lowest BCUT2D eigenvalue weighted by Gasteiger charge is -2.35. The number of methoxy groups -OCH3 is 1. The molecule has 0 radical (unpaired) electrons. The molecular formula is C19H22N4O2. The lowest BCUT2D eigenvalue weighted by Crippen LogP contribution is -2.51. The third-order valence-corrected chi connectivity index (χ3v) is 4.15. The van der Waals surface area contributed by atoms with Crippen LogP contribution >= 0.6 is 0 Å². The van der Waals surface area contributed by atoms with Gasteiger partial charge in [-0.1, -0.05) is 24.3 Å². The van der Waals surface area contributed by atoms with Crippen molar-refractivity contribution in [1.82, 2.24) is 15.2 Å². The number of hydrogen-bond acceptors (Lipinski definition) is 4. The van der Waals surface area contributed by atoms with Crippen molar-refractivity contribution in [2.45, 2.75) is 0 Å². The van der Waals surface area contributed by atoms with Gasteiger partial charge >= 0.3 is 6.03 Å². The molecule has 3 rings (SSSR count). The van der Waals surface area contributed by atoms with Crippen LogP contribution in [0.3, 0.4) is 0 Å². The molecule has 2 heterocycles. The Kier molecular flexibility index (Phi) is 5.51. The number of anilines is 1. The number of carbonyl (C=O) groups excluding carboxylic acids is 1. The minimum Gasteiger partial charge on any atom is -0.496 e. The van der Waals surface area contributed by atoms with Gasteiger partial charge in [0.2, 0.25) is 0 Å². The van der Waals surface area contributed by atoms with Crippen molar-refractivity contribution in [2.75, 3.05) is 38.2 Å². The number of amides is 2. The number of piperazine rings is 1. The molecule has 0 bridgehead atoms. The van der Waals surface area contributed by atoms with Gasteiger partial charge in [-0.25, -0.2) is 9.78 Å². The quantitative estimate of drug-likeness (QED) is 0.931. The molecular weight excluding hydrogens is 316 g/mol. The van der Waals surface area contributed by atoms with Crippen LogP contribution in [0.15, 0.2) is 54.9 Å². The Labute approximate surface area is 147 Å². The summed E-state index contributed by atoms with van der Waals surface area (Å²) in [5, 5.41) is 2.82. The van der Waals surface area contributed by atoms with Crippen molar-refractivity contribution in [3.63, 3.8) is 0 Å². The Morgan fingerprint density at radius 3 is 2.60 bits per heavy atom. The maximum absolute atomic E-state index is 12.3. The standard InChI is InChI=1S/C19H22N4O2/c1-25-17-7-3-2-6-16(17)9-11-21-19(24)23-14-12-22(13-15-23)18-8-4-5-10-20-18/h2-11H,12-15H2,1H3,(H,21,24)/b11-9+. The maximum atomic E-state index is 12.3. The van der Waals surface area contributed by atoms with Gasteiger partial charge in [-0.15, -0.1) is 0 Å². The van der Waals surface area contributed by atoms with Crippen LogP contribution in [-0.2, 0) is 0 Å². The minimum absolute atomic E-state index is 0.0909. The smallest absolute Gasteiger partial charge is 0.321 e. The van der Waals surface area contributed by atoms with Crippen molar-refractivity contribution in [1.29, 1.82) is 0 Å². The van der Waals surface area contributed by atoms with E-state index in [4.69, 9.17) is 4.74 Å². The topological polar surface area (TPSA) is 57.7 Å². The van der Waals surface area contributed by atoms with Crippen molar-refractivity contribution >= 4 is 17.9 Å². The van der Waals surface area contributed by atoms with Crippen molar-refractivity contribution in [3.8, 4) is 5.75 Å². The van der Waals surface area contributed by atoms with Crippen LogP contribution < -0.4 is 15.0 Å². The highest BCUT2D eigenvalue weighted by molar-refractivity contribution is 5.76. The van der Waals surface area contributed by atoms with Crippen molar-refractivity contribution in [3.05, 3.63) is 60.4 Å². The number of nitrogens with zero attached hydrogens (tertiary/aromatic N) is 3. The van der Waals surface area contributed by atoms with E-state index < -0.39 is 0 Å². The highest BCUT2D eigenvalue weighted by Gasteiger charge is 2.21. The molecule has 1 aromatic carbocycles. The van der Waals surface area contributed by atoms with Gasteiger partial charge in [0.25, 0.3) is 0 Å². The summed E-state index contributed by atoms with van der Waals surface area (Å²) >= 11 is 0. The molecule has 0 spiro atoms. The summed E-state index contributed by atoms with van der Waals surface area (Å²) in [6.07, 6.45) is 5.28. The maximum Gasteiger partial charge on any atom is 0.321 e. The van der Waals surface area contributed by atoms with E-state index >= 15 is 0 Å². The normalized spacial score (nSPS) is 14.6. The Bertz CT molecular complexity index is 725.